The van der Waals surface area contributed by atoms with Crippen molar-refractivity contribution in [1.82, 2.24) is 15.5 Å². The SMILES string of the molecule is CC1=C(C(C)C)NC(=O)C2CNCCN12. The van der Waals surface area contributed by atoms with Gasteiger partial charge in [0.25, 0.3) is 0 Å². The smallest absolute Gasteiger partial charge is 0.248 e. The summed E-state index contributed by atoms with van der Waals surface area (Å²) in [6.07, 6.45) is 0. The first-order valence-corrected chi connectivity index (χ1v) is 5.60. The van der Waals surface area contributed by atoms with E-state index in [9.17, 15) is 4.79 Å². The first-order chi connectivity index (χ1) is 7.11. The van der Waals surface area contributed by atoms with Crippen molar-refractivity contribution in [1.29, 1.82) is 0 Å². The van der Waals surface area contributed by atoms with Gasteiger partial charge in [-0.15, -0.1) is 0 Å². The highest BCUT2D eigenvalue weighted by Crippen LogP contribution is 2.23. The Morgan fingerprint density at radius 2 is 2.20 bits per heavy atom. The zero-order valence-corrected chi connectivity index (χ0v) is 9.63. The minimum atomic E-state index is -0.0127. The predicted octanol–water partition coefficient (Wildman–Crippen LogP) is 0.277. The normalized spacial score (nSPS) is 26.8. The van der Waals surface area contributed by atoms with E-state index in [2.05, 4.69) is 36.3 Å². The molecular weight excluding hydrogens is 190 g/mol. The number of nitrogens with one attached hydrogen (secondary N) is 2. The van der Waals surface area contributed by atoms with Crippen molar-refractivity contribution in [3.8, 4) is 0 Å². The summed E-state index contributed by atoms with van der Waals surface area (Å²) in [5, 5.41) is 6.28. The van der Waals surface area contributed by atoms with Gasteiger partial charge in [0.2, 0.25) is 5.91 Å². The van der Waals surface area contributed by atoms with Crippen LogP contribution in [-0.4, -0.2) is 36.5 Å². The van der Waals surface area contributed by atoms with Gasteiger partial charge >= 0.3 is 0 Å². The molecule has 1 atom stereocenters. The van der Waals surface area contributed by atoms with Crippen LogP contribution in [0.4, 0.5) is 0 Å². The molecule has 4 heteroatoms. The summed E-state index contributed by atoms with van der Waals surface area (Å²) >= 11 is 0. The highest BCUT2D eigenvalue weighted by atomic mass is 16.2. The highest BCUT2D eigenvalue weighted by Gasteiger charge is 2.34. The largest absolute Gasteiger partial charge is 0.359 e. The van der Waals surface area contributed by atoms with E-state index >= 15 is 0 Å². The van der Waals surface area contributed by atoms with E-state index in [-0.39, 0.29) is 11.9 Å². The van der Waals surface area contributed by atoms with Crippen molar-refractivity contribution >= 4 is 5.91 Å². The molecule has 1 amide bonds. The number of fused-ring (bicyclic) bond motifs is 1. The monoisotopic (exact) mass is 209 g/mol. The number of rotatable bonds is 1. The Hall–Kier alpha value is -1.03. The fourth-order valence-corrected chi connectivity index (χ4v) is 2.36. The molecule has 0 bridgehead atoms. The number of hydrogen-bond donors (Lipinski definition) is 2. The van der Waals surface area contributed by atoms with E-state index in [0.717, 1.165) is 25.3 Å². The number of carbonyl (C=O) groups excluding carboxylic acids is 1. The Kier molecular flexibility index (Phi) is 2.69. The van der Waals surface area contributed by atoms with E-state index < -0.39 is 0 Å². The molecule has 0 spiro atoms. The summed E-state index contributed by atoms with van der Waals surface area (Å²) in [6, 6.07) is -0.0127. The van der Waals surface area contributed by atoms with Crippen LogP contribution in [0.3, 0.4) is 0 Å². The lowest BCUT2D eigenvalue weighted by Gasteiger charge is -2.42. The summed E-state index contributed by atoms with van der Waals surface area (Å²) in [5.74, 6) is 0.515. The van der Waals surface area contributed by atoms with Gasteiger partial charge in [-0.25, -0.2) is 0 Å². The summed E-state index contributed by atoms with van der Waals surface area (Å²) < 4.78 is 0. The van der Waals surface area contributed by atoms with Crippen LogP contribution in [0.5, 0.6) is 0 Å². The average Bonchev–Trinajstić information content (AvgIpc) is 2.23. The molecule has 1 saturated heterocycles. The van der Waals surface area contributed by atoms with Crippen LogP contribution in [0.2, 0.25) is 0 Å². The quantitative estimate of drug-likeness (QED) is 0.652. The van der Waals surface area contributed by atoms with E-state index in [1.165, 1.54) is 5.70 Å². The van der Waals surface area contributed by atoms with Gasteiger partial charge in [0.05, 0.1) is 0 Å². The molecule has 2 aliphatic rings. The number of allylic oxidation sites excluding steroid dienone is 2. The molecule has 1 unspecified atom stereocenters. The zero-order chi connectivity index (χ0) is 11.0. The summed E-state index contributed by atoms with van der Waals surface area (Å²) in [5.41, 5.74) is 2.31. The fraction of sp³-hybridized carbons (Fsp3) is 0.727. The average molecular weight is 209 g/mol. The van der Waals surface area contributed by atoms with E-state index in [1.54, 1.807) is 0 Å². The third kappa shape index (κ3) is 1.74. The van der Waals surface area contributed by atoms with Gasteiger partial charge in [-0.05, 0) is 12.8 Å². The van der Waals surface area contributed by atoms with Crippen molar-refractivity contribution < 1.29 is 4.79 Å². The van der Waals surface area contributed by atoms with Gasteiger partial charge in [-0.2, -0.15) is 0 Å². The topological polar surface area (TPSA) is 44.4 Å². The van der Waals surface area contributed by atoms with Crippen molar-refractivity contribution in [2.45, 2.75) is 26.8 Å². The molecule has 2 aliphatic heterocycles. The maximum atomic E-state index is 11.9. The van der Waals surface area contributed by atoms with Crippen LogP contribution >= 0.6 is 0 Å². The summed E-state index contributed by atoms with van der Waals surface area (Å²) in [7, 11) is 0. The van der Waals surface area contributed by atoms with Crippen LogP contribution in [-0.2, 0) is 4.79 Å². The van der Waals surface area contributed by atoms with Crippen LogP contribution in [0.15, 0.2) is 11.4 Å². The molecule has 15 heavy (non-hydrogen) atoms. The minimum absolute atomic E-state index is 0.0127. The van der Waals surface area contributed by atoms with Crippen LogP contribution in [0.1, 0.15) is 20.8 Å². The lowest BCUT2D eigenvalue weighted by molar-refractivity contribution is -0.126. The van der Waals surface area contributed by atoms with Crippen molar-refractivity contribution in [3.63, 3.8) is 0 Å². The molecule has 0 aliphatic carbocycles. The molecule has 2 N–H and O–H groups in total. The highest BCUT2D eigenvalue weighted by molar-refractivity contribution is 5.85. The van der Waals surface area contributed by atoms with Crippen LogP contribution in [0, 0.1) is 5.92 Å². The predicted molar refractivity (Wildman–Crippen MR) is 59.0 cm³/mol. The maximum Gasteiger partial charge on any atom is 0.248 e. The first kappa shape index (κ1) is 10.5. The second kappa shape index (κ2) is 3.85. The second-order valence-electron chi connectivity index (χ2n) is 4.56. The van der Waals surface area contributed by atoms with E-state index in [1.807, 2.05) is 0 Å². The molecule has 2 heterocycles. The van der Waals surface area contributed by atoms with Crippen LogP contribution < -0.4 is 10.6 Å². The number of amides is 1. The second-order valence-corrected chi connectivity index (χ2v) is 4.56. The number of hydrogen-bond acceptors (Lipinski definition) is 3. The Balaban J connectivity index is 2.31. The number of carbonyl (C=O) groups is 1. The van der Waals surface area contributed by atoms with Gasteiger partial charge in [0, 0.05) is 31.0 Å². The minimum Gasteiger partial charge on any atom is -0.359 e. The third-order valence-corrected chi connectivity index (χ3v) is 3.20. The lowest BCUT2D eigenvalue weighted by atomic mass is 10.0. The van der Waals surface area contributed by atoms with Crippen molar-refractivity contribution in [2.24, 2.45) is 5.92 Å². The molecule has 0 radical (unpaired) electrons. The van der Waals surface area contributed by atoms with Gasteiger partial charge in [0.15, 0.2) is 0 Å². The van der Waals surface area contributed by atoms with Gasteiger partial charge in [-0.1, -0.05) is 13.8 Å². The summed E-state index contributed by atoms with van der Waals surface area (Å²) in [6.45, 7) is 8.98. The third-order valence-electron chi connectivity index (χ3n) is 3.20. The lowest BCUT2D eigenvalue weighted by Crippen LogP contribution is -2.60. The maximum absolute atomic E-state index is 11.9. The molecule has 84 valence electrons. The number of piperazine rings is 1. The van der Waals surface area contributed by atoms with E-state index in [0.29, 0.717) is 5.92 Å². The Morgan fingerprint density at radius 3 is 2.87 bits per heavy atom. The van der Waals surface area contributed by atoms with Gasteiger partial charge < -0.3 is 15.5 Å². The van der Waals surface area contributed by atoms with Crippen molar-refractivity contribution in [3.05, 3.63) is 11.4 Å². The Morgan fingerprint density at radius 1 is 1.47 bits per heavy atom. The van der Waals surface area contributed by atoms with Crippen molar-refractivity contribution in [2.75, 3.05) is 19.6 Å². The molecule has 0 aromatic heterocycles. The molecule has 2 rings (SSSR count). The molecule has 0 aromatic carbocycles. The molecule has 0 aromatic rings. The molecule has 0 saturated carbocycles. The summed E-state index contributed by atoms with van der Waals surface area (Å²) in [4.78, 5) is 14.1. The molecule has 1 fully saturated rings. The molecular formula is C11H19N3O. The Labute approximate surface area is 90.7 Å². The zero-order valence-electron chi connectivity index (χ0n) is 9.63. The fourth-order valence-electron chi connectivity index (χ4n) is 2.36. The molecule has 4 nitrogen and oxygen atoms in total. The standard InChI is InChI=1S/C11H19N3O/c1-7(2)10-8(3)14-5-4-12-6-9(14)11(15)13-10/h7,9,12H,4-6H2,1-3H3,(H,13,15). The van der Waals surface area contributed by atoms with Gasteiger partial charge in [-0.3, -0.25) is 4.79 Å². The number of nitrogens with zero attached hydrogens (tertiary/aromatic N) is 1. The van der Waals surface area contributed by atoms with Crippen LogP contribution in [0.25, 0.3) is 0 Å². The Bertz CT molecular complexity index is 309. The van der Waals surface area contributed by atoms with E-state index in [4.69, 9.17) is 0 Å². The first-order valence-electron chi connectivity index (χ1n) is 5.60. The van der Waals surface area contributed by atoms with Gasteiger partial charge in [0.1, 0.15) is 6.04 Å².